The molecule has 0 atom stereocenters. The number of hydrogen-bond acceptors (Lipinski definition) is 13. The van der Waals surface area contributed by atoms with Crippen LogP contribution in [0.5, 0.6) is 0 Å². The zero-order valence-corrected chi connectivity index (χ0v) is 34.9. The number of carbonyl (C=O) groups excluding carboxylic acids is 5. The smallest absolute Gasteiger partial charge is 0.336 e. The molecule has 0 saturated heterocycles. The average Bonchev–Trinajstić information content (AvgIpc) is 3.16. The minimum atomic E-state index is -0.637. The van der Waals surface area contributed by atoms with E-state index < -0.39 is 29.0 Å². The third-order valence-electron chi connectivity index (χ3n) is 8.35. The molecule has 0 aromatic carbocycles. The Morgan fingerprint density at radius 2 is 0.727 bits per heavy atom. The van der Waals surface area contributed by atoms with Crippen molar-refractivity contribution in [3.63, 3.8) is 0 Å². The molecule has 0 fully saturated rings. The van der Waals surface area contributed by atoms with Crippen LogP contribution in [-0.4, -0.2) is 70.0 Å². The first kappa shape index (κ1) is 50.9. The minimum Gasteiger partial charge on any atom is -0.640 e. The van der Waals surface area contributed by atoms with Gasteiger partial charge in [0.15, 0.2) is 0 Å². The third-order valence-corrected chi connectivity index (χ3v) is 8.35. The number of carbonyl (C=O) groups is 5. The van der Waals surface area contributed by atoms with Crippen LogP contribution in [0.1, 0.15) is 116 Å². The molecule has 1 aromatic rings. The second-order valence-corrected chi connectivity index (χ2v) is 12.6. The molecule has 0 aliphatic rings. The second-order valence-electron chi connectivity index (χ2n) is 12.6. The standard InChI is InChI=1S/C38H58N3O13.W/c1-4-31(42)51-27-29-53-34(45)22-16-10-7-13-19-25-40-36(47)39(24-18-12-6-9-15-21-33(44)50-3)37(48)41(38(40)49)26-20-14-8-11-17-23-35(46)54-30-28-52-32(43)5-2;/h4-5H,1-3,6-30H2;/q-1;. The molecule has 310 valence electrons. The SMILES string of the molecule is C=CC(=O)OCCOC(=O)CCCCCCCn1c(=O)n(CCCCCCCC(=O)O[CH2-])c(=O)n(CCCCCCCC(=O)OCCOC(=O)C=C)c1=O.[W]. The fourth-order valence-corrected chi connectivity index (χ4v) is 5.40. The Kier molecular flexibility index (Phi) is 29.8. The fraction of sp³-hybridized carbons (Fsp3) is 0.658. The van der Waals surface area contributed by atoms with Gasteiger partial charge in [0.2, 0.25) is 0 Å². The Morgan fingerprint density at radius 3 is 1.04 bits per heavy atom. The molecule has 1 heterocycles. The van der Waals surface area contributed by atoms with Gasteiger partial charge in [-0.3, -0.25) is 14.4 Å². The first-order chi connectivity index (χ1) is 26.0. The van der Waals surface area contributed by atoms with Gasteiger partial charge in [-0.05, 0) is 38.5 Å². The normalized spacial score (nSPS) is 10.5. The van der Waals surface area contributed by atoms with Gasteiger partial charge in [-0.15, -0.1) is 0 Å². The summed E-state index contributed by atoms with van der Waals surface area (Å²) in [5.74, 6) is -2.32. The Labute approximate surface area is 336 Å². The summed E-state index contributed by atoms with van der Waals surface area (Å²) in [5, 5.41) is 0. The summed E-state index contributed by atoms with van der Waals surface area (Å²) in [5.41, 5.74) is -1.90. The summed E-state index contributed by atoms with van der Waals surface area (Å²) < 4.78 is 27.4. The van der Waals surface area contributed by atoms with Crippen molar-refractivity contribution in [3.05, 3.63) is 63.9 Å². The van der Waals surface area contributed by atoms with Gasteiger partial charge < -0.3 is 23.7 Å². The molecule has 0 N–H and O–H groups in total. The maximum atomic E-state index is 13.4. The summed E-state index contributed by atoms with van der Waals surface area (Å²) in [6.45, 7) is 6.90. The van der Waals surface area contributed by atoms with Crippen molar-refractivity contribution in [3.8, 4) is 0 Å². The average molecular weight is 949 g/mol. The summed E-state index contributed by atoms with van der Waals surface area (Å²) in [6.07, 6.45) is 13.0. The van der Waals surface area contributed by atoms with E-state index in [4.69, 9.17) is 18.9 Å². The number of rotatable bonds is 32. The molecule has 1 aromatic heterocycles. The van der Waals surface area contributed by atoms with E-state index in [1.165, 1.54) is 0 Å². The van der Waals surface area contributed by atoms with Gasteiger partial charge in [0, 0.05) is 72.1 Å². The first-order valence-electron chi connectivity index (χ1n) is 18.8. The Morgan fingerprint density at radius 1 is 0.455 bits per heavy atom. The maximum Gasteiger partial charge on any atom is 0.336 e. The Bertz CT molecular complexity index is 1420. The monoisotopic (exact) mass is 948 g/mol. The molecule has 0 spiro atoms. The van der Waals surface area contributed by atoms with E-state index in [9.17, 15) is 38.4 Å². The van der Waals surface area contributed by atoms with Crippen molar-refractivity contribution in [1.82, 2.24) is 13.7 Å². The van der Waals surface area contributed by atoms with Gasteiger partial charge in [0.1, 0.15) is 26.4 Å². The van der Waals surface area contributed by atoms with Gasteiger partial charge in [0.25, 0.3) is 5.97 Å². The summed E-state index contributed by atoms with van der Waals surface area (Å²) in [7, 11) is 3.10. The fourth-order valence-electron chi connectivity index (χ4n) is 5.40. The van der Waals surface area contributed by atoms with E-state index >= 15 is 0 Å². The van der Waals surface area contributed by atoms with Gasteiger partial charge in [-0.2, -0.15) is 7.11 Å². The second kappa shape index (κ2) is 32.2. The molecular formula is C38H58N3O13W-. The van der Waals surface area contributed by atoms with Crippen LogP contribution in [0.3, 0.4) is 0 Å². The molecule has 16 nitrogen and oxygen atoms in total. The van der Waals surface area contributed by atoms with Crippen molar-refractivity contribution in [2.24, 2.45) is 0 Å². The number of esters is 5. The van der Waals surface area contributed by atoms with E-state index in [0.717, 1.165) is 70.8 Å². The summed E-state index contributed by atoms with van der Waals surface area (Å²) >= 11 is 0. The van der Waals surface area contributed by atoms with E-state index in [1.807, 2.05) is 0 Å². The van der Waals surface area contributed by atoms with Gasteiger partial charge in [-0.1, -0.05) is 70.9 Å². The maximum absolute atomic E-state index is 13.4. The molecule has 17 heteroatoms. The van der Waals surface area contributed by atoms with E-state index in [-0.39, 0.29) is 104 Å². The van der Waals surface area contributed by atoms with Crippen LogP contribution in [0.15, 0.2) is 39.7 Å². The molecule has 0 bridgehead atoms. The van der Waals surface area contributed by atoms with Crippen molar-refractivity contribution in [1.29, 1.82) is 0 Å². The van der Waals surface area contributed by atoms with Crippen LogP contribution < -0.4 is 17.1 Å². The number of aromatic nitrogens is 3. The van der Waals surface area contributed by atoms with Crippen LogP contribution >= 0.6 is 0 Å². The molecule has 0 amide bonds. The summed E-state index contributed by atoms with van der Waals surface area (Å²) in [6, 6.07) is 0. The Balaban J connectivity index is 0.0000292. The first-order valence-corrected chi connectivity index (χ1v) is 18.8. The van der Waals surface area contributed by atoms with Gasteiger partial charge in [0.05, 0.1) is 0 Å². The number of hydrogen-bond donors (Lipinski definition) is 0. The van der Waals surface area contributed by atoms with E-state index in [1.54, 1.807) is 0 Å². The van der Waals surface area contributed by atoms with Crippen LogP contribution in [0.4, 0.5) is 0 Å². The van der Waals surface area contributed by atoms with Crippen LogP contribution in [0, 0.1) is 7.11 Å². The van der Waals surface area contributed by atoms with E-state index in [2.05, 4.69) is 25.0 Å². The zero-order valence-electron chi connectivity index (χ0n) is 32.0. The van der Waals surface area contributed by atoms with Crippen molar-refractivity contribution in [2.75, 3.05) is 26.4 Å². The van der Waals surface area contributed by atoms with Crippen molar-refractivity contribution < 1.29 is 68.7 Å². The van der Waals surface area contributed by atoms with Gasteiger partial charge >= 0.3 is 40.9 Å². The number of nitrogens with zero attached hydrogens (tertiary/aromatic N) is 3. The third kappa shape index (κ3) is 23.5. The summed E-state index contributed by atoms with van der Waals surface area (Å²) in [4.78, 5) is 97.2. The van der Waals surface area contributed by atoms with Gasteiger partial charge in [-0.25, -0.2) is 37.7 Å². The van der Waals surface area contributed by atoms with Crippen molar-refractivity contribution in [2.45, 2.75) is 135 Å². The number of unbranched alkanes of at least 4 members (excludes halogenated alkanes) is 12. The van der Waals surface area contributed by atoms with Crippen LogP contribution in [-0.2, 0) is 88.4 Å². The van der Waals surface area contributed by atoms with Crippen LogP contribution in [0.2, 0.25) is 0 Å². The molecule has 0 saturated carbocycles. The zero-order chi connectivity index (χ0) is 40.0. The predicted octanol–water partition coefficient (Wildman–Crippen LogP) is 4.07. The molecule has 0 radical (unpaired) electrons. The Hall–Kier alpha value is -4.07. The largest absolute Gasteiger partial charge is 0.640 e. The van der Waals surface area contributed by atoms with Crippen molar-refractivity contribution >= 4 is 29.8 Å². The topological polar surface area (TPSA) is 197 Å². The predicted molar refractivity (Wildman–Crippen MR) is 198 cm³/mol. The number of ether oxygens (including phenoxy) is 5. The molecule has 0 aliphatic heterocycles. The molecule has 0 unspecified atom stereocenters. The molecule has 1 rings (SSSR count). The minimum absolute atomic E-state index is 0. The quantitative estimate of drug-likeness (QED) is 0.0330. The molecule has 0 aliphatic carbocycles. The molecular weight excluding hydrogens is 890 g/mol. The van der Waals surface area contributed by atoms with E-state index in [0.29, 0.717) is 51.4 Å². The van der Waals surface area contributed by atoms with Crippen LogP contribution in [0.25, 0.3) is 0 Å². The molecule has 55 heavy (non-hydrogen) atoms.